The number of hydroxylamine groups is 1. The molecule has 5 heteroatoms. The molecule has 0 radical (unpaired) electrons. The first kappa shape index (κ1) is 25.4. The molecule has 2 aliphatic rings. The molecule has 5 nitrogen and oxygen atoms in total. The Kier molecular flexibility index (Phi) is 11.4. The fourth-order valence-electron chi connectivity index (χ4n) is 4.99. The van der Waals surface area contributed by atoms with Gasteiger partial charge in [0.05, 0.1) is 12.2 Å². The lowest BCUT2D eigenvalue weighted by molar-refractivity contribution is -0.138. The zero-order valence-corrected chi connectivity index (χ0v) is 19.5. The van der Waals surface area contributed by atoms with Gasteiger partial charge in [-0.3, -0.25) is 10.0 Å². The zero-order valence-electron chi connectivity index (χ0n) is 19.5. The largest absolute Gasteiger partial charge is 0.381 e. The number of amides is 1. The van der Waals surface area contributed by atoms with Crippen molar-refractivity contribution in [3.63, 3.8) is 0 Å². The number of carbonyl (C=O) groups is 1. The summed E-state index contributed by atoms with van der Waals surface area (Å²) < 4.78 is 12.0. The van der Waals surface area contributed by atoms with E-state index in [0.717, 1.165) is 38.9 Å². The lowest BCUT2D eigenvalue weighted by Gasteiger charge is -2.27. The summed E-state index contributed by atoms with van der Waals surface area (Å²) in [6, 6.07) is 0. The second kappa shape index (κ2) is 13.5. The first-order valence-electron chi connectivity index (χ1n) is 12.3. The normalized spacial score (nSPS) is 26.0. The van der Waals surface area contributed by atoms with Gasteiger partial charge in [-0.1, -0.05) is 58.6 Å². The van der Waals surface area contributed by atoms with Crippen LogP contribution in [0.2, 0.25) is 0 Å². The molecule has 1 amide bonds. The number of nitrogens with one attached hydrogen (secondary N) is 1. The molecule has 0 aromatic carbocycles. The van der Waals surface area contributed by atoms with E-state index in [2.05, 4.69) is 19.1 Å². The number of rotatable bonds is 16. The van der Waals surface area contributed by atoms with Gasteiger partial charge in [0.15, 0.2) is 0 Å². The van der Waals surface area contributed by atoms with Gasteiger partial charge in [0, 0.05) is 18.6 Å². The van der Waals surface area contributed by atoms with Crippen molar-refractivity contribution < 1.29 is 19.5 Å². The summed E-state index contributed by atoms with van der Waals surface area (Å²) in [5, 5.41) is 8.83. The van der Waals surface area contributed by atoms with E-state index in [-0.39, 0.29) is 5.91 Å². The molecule has 0 aliphatic carbocycles. The van der Waals surface area contributed by atoms with Gasteiger partial charge < -0.3 is 9.47 Å². The van der Waals surface area contributed by atoms with Crippen molar-refractivity contribution in [3.05, 3.63) is 12.2 Å². The number of ether oxygens (including phenoxy) is 2. The van der Waals surface area contributed by atoms with E-state index < -0.39 is 5.41 Å². The molecule has 2 bridgehead atoms. The molecule has 2 N–H and O–H groups in total. The SMILES string of the molecule is CCCCCCOCCCC[C@@H]1[C@H](CC=CCCC(C)(C)C(=O)NO)[C@@H]2CC[C@H]1O2. The first-order valence-corrected chi connectivity index (χ1v) is 12.3. The molecule has 2 fully saturated rings. The number of allylic oxidation sites excluding steroid dienone is 2. The number of hydrogen-bond donors (Lipinski definition) is 2. The molecule has 0 aromatic heterocycles. The maximum Gasteiger partial charge on any atom is 0.248 e. The Morgan fingerprint density at radius 1 is 1.07 bits per heavy atom. The Morgan fingerprint density at radius 3 is 2.47 bits per heavy atom. The van der Waals surface area contributed by atoms with E-state index in [1.807, 2.05) is 13.8 Å². The second-order valence-corrected chi connectivity index (χ2v) is 9.86. The maximum absolute atomic E-state index is 11.7. The van der Waals surface area contributed by atoms with E-state index in [4.69, 9.17) is 14.7 Å². The standard InChI is InChI=1S/C25H45NO4/c1-4-5-6-11-18-29-19-12-9-14-21-20(22-15-16-23(21)30-22)13-8-7-10-17-25(2,3)24(27)26-28/h7-8,20-23,28H,4-6,9-19H2,1-3H3,(H,26,27)/t20-,21+,22-,23+/m0/s1. The molecular weight excluding hydrogens is 378 g/mol. The highest BCUT2D eigenvalue weighted by molar-refractivity contribution is 5.80. The average molecular weight is 424 g/mol. The summed E-state index contributed by atoms with van der Waals surface area (Å²) in [6.07, 6.45) is 19.2. The number of unbranched alkanes of at least 4 members (excludes halogenated alkanes) is 4. The third-order valence-electron chi connectivity index (χ3n) is 7.04. The number of fused-ring (bicyclic) bond motifs is 2. The molecule has 0 saturated carbocycles. The monoisotopic (exact) mass is 423 g/mol. The van der Waals surface area contributed by atoms with E-state index in [0.29, 0.717) is 24.0 Å². The van der Waals surface area contributed by atoms with Crippen molar-refractivity contribution in [2.45, 2.75) is 110 Å². The summed E-state index contributed by atoms with van der Waals surface area (Å²) in [6.45, 7) is 7.78. The van der Waals surface area contributed by atoms with Gasteiger partial charge in [-0.2, -0.15) is 0 Å². The molecule has 174 valence electrons. The van der Waals surface area contributed by atoms with E-state index in [1.165, 1.54) is 51.4 Å². The van der Waals surface area contributed by atoms with Crippen molar-refractivity contribution in [1.82, 2.24) is 5.48 Å². The Labute approximate surface area is 183 Å². The first-order chi connectivity index (χ1) is 14.5. The van der Waals surface area contributed by atoms with Crippen LogP contribution in [0.1, 0.15) is 97.8 Å². The van der Waals surface area contributed by atoms with Crippen LogP contribution in [0.25, 0.3) is 0 Å². The third-order valence-corrected chi connectivity index (χ3v) is 7.04. The fraction of sp³-hybridized carbons (Fsp3) is 0.880. The Bertz CT molecular complexity index is 519. The van der Waals surface area contributed by atoms with Crippen LogP contribution in [0.5, 0.6) is 0 Å². The van der Waals surface area contributed by atoms with Gasteiger partial charge in [-0.05, 0) is 63.2 Å². The Balaban J connectivity index is 1.63. The van der Waals surface area contributed by atoms with Crippen molar-refractivity contribution in [1.29, 1.82) is 0 Å². The van der Waals surface area contributed by atoms with Crippen LogP contribution in [0.4, 0.5) is 0 Å². The van der Waals surface area contributed by atoms with Gasteiger partial charge >= 0.3 is 0 Å². The van der Waals surface area contributed by atoms with Crippen LogP contribution in [-0.4, -0.2) is 36.5 Å². The van der Waals surface area contributed by atoms with E-state index in [1.54, 1.807) is 5.48 Å². The molecule has 2 saturated heterocycles. The van der Waals surface area contributed by atoms with Crippen LogP contribution < -0.4 is 5.48 Å². The summed E-state index contributed by atoms with van der Waals surface area (Å²) >= 11 is 0. The average Bonchev–Trinajstić information content (AvgIpc) is 3.33. The van der Waals surface area contributed by atoms with Gasteiger partial charge in [-0.15, -0.1) is 0 Å². The molecule has 30 heavy (non-hydrogen) atoms. The van der Waals surface area contributed by atoms with Gasteiger partial charge in [0.25, 0.3) is 0 Å². The zero-order chi connectivity index (χ0) is 21.8. The molecule has 0 unspecified atom stereocenters. The molecule has 0 aromatic rings. The maximum atomic E-state index is 11.7. The van der Waals surface area contributed by atoms with E-state index >= 15 is 0 Å². The predicted molar refractivity (Wildman–Crippen MR) is 120 cm³/mol. The summed E-state index contributed by atoms with van der Waals surface area (Å²) in [5.41, 5.74) is 1.22. The quantitative estimate of drug-likeness (QED) is 0.142. The highest BCUT2D eigenvalue weighted by Gasteiger charge is 2.47. The number of hydrogen-bond acceptors (Lipinski definition) is 4. The summed E-state index contributed by atoms with van der Waals surface area (Å²) in [4.78, 5) is 11.7. The van der Waals surface area contributed by atoms with Crippen molar-refractivity contribution >= 4 is 5.91 Å². The second-order valence-electron chi connectivity index (χ2n) is 9.86. The highest BCUT2D eigenvalue weighted by atomic mass is 16.5. The lowest BCUT2D eigenvalue weighted by Crippen LogP contribution is -2.34. The minimum absolute atomic E-state index is 0.317. The molecule has 2 aliphatic heterocycles. The van der Waals surface area contributed by atoms with E-state index in [9.17, 15) is 4.79 Å². The molecule has 2 rings (SSSR count). The van der Waals surface area contributed by atoms with Gasteiger partial charge in [0.1, 0.15) is 0 Å². The topological polar surface area (TPSA) is 67.8 Å². The van der Waals surface area contributed by atoms with Crippen LogP contribution >= 0.6 is 0 Å². The van der Waals surface area contributed by atoms with Crippen LogP contribution in [0.15, 0.2) is 12.2 Å². The van der Waals surface area contributed by atoms with Crippen molar-refractivity contribution in [3.8, 4) is 0 Å². The van der Waals surface area contributed by atoms with Crippen molar-refractivity contribution in [2.75, 3.05) is 13.2 Å². The molecule has 0 spiro atoms. The lowest BCUT2D eigenvalue weighted by atomic mass is 9.75. The number of carbonyl (C=O) groups excluding carboxylic acids is 1. The fourth-order valence-corrected chi connectivity index (χ4v) is 4.99. The minimum Gasteiger partial charge on any atom is -0.381 e. The summed E-state index contributed by atoms with van der Waals surface area (Å²) in [5.74, 6) is 1.01. The van der Waals surface area contributed by atoms with Crippen molar-refractivity contribution in [2.24, 2.45) is 17.3 Å². The predicted octanol–water partition coefficient (Wildman–Crippen LogP) is 5.81. The Morgan fingerprint density at radius 2 is 1.77 bits per heavy atom. The molecular formula is C25H45NO4. The van der Waals surface area contributed by atoms with Crippen LogP contribution in [0.3, 0.4) is 0 Å². The smallest absolute Gasteiger partial charge is 0.248 e. The highest BCUT2D eigenvalue weighted by Crippen LogP contribution is 2.47. The summed E-state index contributed by atoms with van der Waals surface area (Å²) in [7, 11) is 0. The molecule has 4 atom stereocenters. The van der Waals surface area contributed by atoms with Gasteiger partial charge in [0.2, 0.25) is 5.91 Å². The van der Waals surface area contributed by atoms with Crippen LogP contribution in [0, 0.1) is 17.3 Å². The third kappa shape index (κ3) is 7.97. The molecule has 2 heterocycles. The minimum atomic E-state index is -0.546. The van der Waals surface area contributed by atoms with Gasteiger partial charge in [-0.25, -0.2) is 5.48 Å². The van der Waals surface area contributed by atoms with Crippen LogP contribution in [-0.2, 0) is 14.3 Å². The Hall–Kier alpha value is -0.910.